The molecule has 0 unspecified atom stereocenters. The molecule has 0 amide bonds. The molecule has 0 fully saturated rings. The lowest BCUT2D eigenvalue weighted by Crippen LogP contribution is -2.40. The van der Waals surface area contributed by atoms with E-state index in [4.69, 9.17) is 11.6 Å². The minimum atomic E-state index is 0.197. The zero-order valence-corrected chi connectivity index (χ0v) is 10.8. The van der Waals surface area contributed by atoms with Crippen LogP contribution in [0.5, 0.6) is 0 Å². The Hall–Kier alpha value is -0.690. The molecule has 1 rings (SSSR count). The predicted molar refractivity (Wildman–Crippen MR) is 68.8 cm³/mol. The van der Waals surface area contributed by atoms with E-state index in [1.807, 2.05) is 0 Å². The zero-order chi connectivity index (χ0) is 11.5. The summed E-state index contributed by atoms with van der Waals surface area (Å²) in [6.45, 7) is 6.72. The molecule has 84 valence electrons. The monoisotopic (exact) mass is 225 g/mol. The maximum atomic E-state index is 5.76. The second-order valence-electron chi connectivity index (χ2n) is 4.53. The highest BCUT2D eigenvalue weighted by Crippen LogP contribution is 2.25. The van der Waals surface area contributed by atoms with Crippen LogP contribution in [0.2, 0.25) is 0 Å². The molecule has 0 radical (unpaired) electrons. The van der Waals surface area contributed by atoms with E-state index in [-0.39, 0.29) is 5.54 Å². The Balaban J connectivity index is 2.87. The van der Waals surface area contributed by atoms with Crippen LogP contribution in [0, 0.1) is 0 Å². The first kappa shape index (κ1) is 12.4. The standard InChI is InChI=1S/C13H20ClN/c1-5-13(2,3)15(4)12-8-6-11(10-14)7-9-12/h6-9H,5,10H2,1-4H3. The number of halogens is 1. The number of benzene rings is 1. The fourth-order valence-electron chi connectivity index (χ4n) is 1.40. The van der Waals surface area contributed by atoms with Crippen molar-refractivity contribution >= 4 is 17.3 Å². The molecule has 1 aromatic carbocycles. The molecule has 0 saturated heterocycles. The Labute approximate surface area is 98.0 Å². The van der Waals surface area contributed by atoms with E-state index in [2.05, 4.69) is 57.0 Å². The Morgan fingerprint density at radius 3 is 2.13 bits per heavy atom. The van der Waals surface area contributed by atoms with E-state index in [0.717, 1.165) is 6.42 Å². The molecule has 0 N–H and O–H groups in total. The first-order chi connectivity index (χ1) is 7.01. The Morgan fingerprint density at radius 1 is 1.20 bits per heavy atom. The van der Waals surface area contributed by atoms with E-state index in [1.165, 1.54) is 11.3 Å². The highest BCUT2D eigenvalue weighted by molar-refractivity contribution is 6.17. The van der Waals surface area contributed by atoms with Gasteiger partial charge in [0.15, 0.2) is 0 Å². The van der Waals surface area contributed by atoms with Crippen molar-refractivity contribution in [1.82, 2.24) is 0 Å². The Morgan fingerprint density at radius 2 is 1.73 bits per heavy atom. The fraction of sp³-hybridized carbons (Fsp3) is 0.538. The van der Waals surface area contributed by atoms with Gasteiger partial charge in [-0.1, -0.05) is 19.1 Å². The van der Waals surface area contributed by atoms with E-state index in [1.54, 1.807) is 0 Å². The minimum Gasteiger partial charge on any atom is -0.369 e. The molecule has 2 heteroatoms. The normalized spacial score (nSPS) is 11.5. The summed E-state index contributed by atoms with van der Waals surface area (Å²) in [5.41, 5.74) is 2.61. The van der Waals surface area contributed by atoms with Crippen molar-refractivity contribution in [3.63, 3.8) is 0 Å². The molecule has 1 nitrogen and oxygen atoms in total. The highest BCUT2D eigenvalue weighted by Gasteiger charge is 2.20. The van der Waals surface area contributed by atoms with Crippen LogP contribution >= 0.6 is 11.6 Å². The Kier molecular flexibility index (Phi) is 4.04. The van der Waals surface area contributed by atoms with Gasteiger partial charge in [-0.15, -0.1) is 11.6 Å². The molecule has 1 aromatic rings. The Bertz CT molecular complexity index is 303. The molecule has 0 aliphatic rings. The third kappa shape index (κ3) is 2.88. The van der Waals surface area contributed by atoms with Crippen LogP contribution in [0.1, 0.15) is 32.8 Å². The third-order valence-electron chi connectivity index (χ3n) is 3.25. The minimum absolute atomic E-state index is 0.197. The summed E-state index contributed by atoms with van der Waals surface area (Å²) in [4.78, 5) is 2.31. The van der Waals surface area contributed by atoms with Crippen molar-refractivity contribution in [2.45, 2.75) is 38.6 Å². The van der Waals surface area contributed by atoms with Crippen molar-refractivity contribution in [1.29, 1.82) is 0 Å². The van der Waals surface area contributed by atoms with Crippen LogP contribution in [-0.2, 0) is 5.88 Å². The number of alkyl halides is 1. The molecule has 0 spiro atoms. The van der Waals surface area contributed by atoms with Gasteiger partial charge >= 0.3 is 0 Å². The molecular formula is C13H20ClN. The largest absolute Gasteiger partial charge is 0.369 e. The maximum Gasteiger partial charge on any atom is 0.0474 e. The van der Waals surface area contributed by atoms with E-state index in [0.29, 0.717) is 5.88 Å². The summed E-state index contributed by atoms with van der Waals surface area (Å²) in [6, 6.07) is 8.44. The summed E-state index contributed by atoms with van der Waals surface area (Å²) < 4.78 is 0. The topological polar surface area (TPSA) is 3.24 Å². The summed E-state index contributed by atoms with van der Waals surface area (Å²) >= 11 is 5.76. The summed E-state index contributed by atoms with van der Waals surface area (Å²) in [5, 5.41) is 0. The van der Waals surface area contributed by atoms with Gasteiger partial charge in [-0.05, 0) is 38.0 Å². The van der Waals surface area contributed by atoms with Crippen LogP contribution in [0.15, 0.2) is 24.3 Å². The van der Waals surface area contributed by atoms with Gasteiger partial charge in [0.25, 0.3) is 0 Å². The summed E-state index contributed by atoms with van der Waals surface area (Å²) in [5.74, 6) is 0.584. The quantitative estimate of drug-likeness (QED) is 0.699. The lowest BCUT2D eigenvalue weighted by Gasteiger charge is -2.36. The van der Waals surface area contributed by atoms with Gasteiger partial charge in [0.05, 0.1) is 0 Å². The number of anilines is 1. The molecule has 0 aliphatic carbocycles. The van der Waals surface area contributed by atoms with Crippen molar-refractivity contribution in [2.24, 2.45) is 0 Å². The lowest BCUT2D eigenvalue weighted by molar-refractivity contribution is 0.471. The van der Waals surface area contributed by atoms with Crippen LogP contribution in [-0.4, -0.2) is 12.6 Å². The molecule has 15 heavy (non-hydrogen) atoms. The summed E-state index contributed by atoms with van der Waals surface area (Å²) in [6.07, 6.45) is 1.13. The van der Waals surface area contributed by atoms with Crippen LogP contribution in [0.25, 0.3) is 0 Å². The number of hydrogen-bond donors (Lipinski definition) is 0. The SMILES string of the molecule is CCC(C)(C)N(C)c1ccc(CCl)cc1. The smallest absolute Gasteiger partial charge is 0.0474 e. The van der Waals surface area contributed by atoms with Crippen molar-refractivity contribution in [2.75, 3.05) is 11.9 Å². The molecule has 0 heterocycles. The van der Waals surface area contributed by atoms with Gasteiger partial charge in [-0.25, -0.2) is 0 Å². The molecule has 0 bridgehead atoms. The van der Waals surface area contributed by atoms with Crippen LogP contribution < -0.4 is 4.90 Å². The van der Waals surface area contributed by atoms with Gasteiger partial charge in [0.2, 0.25) is 0 Å². The maximum absolute atomic E-state index is 5.76. The molecule has 0 atom stereocenters. The molecule has 0 aromatic heterocycles. The van der Waals surface area contributed by atoms with Crippen LogP contribution in [0.3, 0.4) is 0 Å². The average molecular weight is 226 g/mol. The van der Waals surface area contributed by atoms with Crippen LogP contribution in [0.4, 0.5) is 5.69 Å². The number of rotatable bonds is 4. The van der Waals surface area contributed by atoms with Gasteiger partial charge in [-0.2, -0.15) is 0 Å². The third-order valence-corrected chi connectivity index (χ3v) is 3.56. The van der Waals surface area contributed by atoms with Gasteiger partial charge in [0, 0.05) is 24.2 Å². The van der Waals surface area contributed by atoms with Crippen molar-refractivity contribution < 1.29 is 0 Å². The van der Waals surface area contributed by atoms with E-state index in [9.17, 15) is 0 Å². The second kappa shape index (κ2) is 4.89. The number of nitrogens with zero attached hydrogens (tertiary/aromatic N) is 1. The average Bonchev–Trinajstić information content (AvgIpc) is 2.28. The lowest BCUT2D eigenvalue weighted by atomic mass is 9.99. The van der Waals surface area contributed by atoms with Crippen molar-refractivity contribution in [3.05, 3.63) is 29.8 Å². The van der Waals surface area contributed by atoms with Gasteiger partial charge in [0.1, 0.15) is 0 Å². The first-order valence-corrected chi connectivity index (χ1v) is 5.93. The zero-order valence-electron chi connectivity index (χ0n) is 10.0. The van der Waals surface area contributed by atoms with Crippen molar-refractivity contribution in [3.8, 4) is 0 Å². The summed E-state index contributed by atoms with van der Waals surface area (Å²) in [7, 11) is 2.14. The molecule has 0 aliphatic heterocycles. The van der Waals surface area contributed by atoms with E-state index < -0.39 is 0 Å². The fourth-order valence-corrected chi connectivity index (χ4v) is 1.57. The molecule has 0 saturated carbocycles. The highest BCUT2D eigenvalue weighted by atomic mass is 35.5. The van der Waals surface area contributed by atoms with Gasteiger partial charge < -0.3 is 4.90 Å². The number of hydrogen-bond acceptors (Lipinski definition) is 1. The molecular weight excluding hydrogens is 206 g/mol. The second-order valence-corrected chi connectivity index (χ2v) is 4.79. The predicted octanol–water partition coefficient (Wildman–Crippen LogP) is 4.05. The van der Waals surface area contributed by atoms with Gasteiger partial charge in [-0.3, -0.25) is 0 Å². The van der Waals surface area contributed by atoms with E-state index >= 15 is 0 Å². The first-order valence-electron chi connectivity index (χ1n) is 5.40.